The molecule has 108 heavy (non-hydrogen) atoms. The van der Waals surface area contributed by atoms with Crippen molar-refractivity contribution in [1.82, 2.24) is 0 Å². The number of aryl methyl sites for hydroxylation is 6. The Hall–Kier alpha value is -9.06. The molecule has 1 saturated carbocycles. The van der Waals surface area contributed by atoms with Crippen LogP contribution in [0.15, 0.2) is 36.4 Å². The van der Waals surface area contributed by atoms with Gasteiger partial charge in [0.1, 0.15) is 34.5 Å². The summed E-state index contributed by atoms with van der Waals surface area (Å²) in [4.78, 5) is 94.1. The van der Waals surface area contributed by atoms with E-state index < -0.39 is 143 Å². The Bertz CT molecular complexity index is 3790. The van der Waals surface area contributed by atoms with Crippen molar-refractivity contribution in [1.29, 1.82) is 0 Å². The molecular formula is C90H120O18. The highest BCUT2D eigenvalue weighted by molar-refractivity contribution is 5.81. The Kier molecular flexibility index (Phi) is 25.1. The molecule has 0 unspecified atom stereocenters. The number of esters is 6. The van der Waals surface area contributed by atoms with Crippen molar-refractivity contribution in [3.8, 4) is 34.5 Å². The van der Waals surface area contributed by atoms with Crippen molar-refractivity contribution >= 4 is 35.8 Å². The zero-order chi connectivity index (χ0) is 82.0. The van der Waals surface area contributed by atoms with Crippen LogP contribution in [-0.4, -0.2) is 103 Å². The topological polar surface area (TPSA) is 279 Å². The highest BCUT2D eigenvalue weighted by Gasteiger charge is 2.62. The Morgan fingerprint density at radius 2 is 0.333 bits per heavy atom. The number of phenols is 6. The number of carbonyl (C=O) groups excluding carboxylic acids is 6. The first-order valence-corrected chi connectivity index (χ1v) is 37.4. The Balaban J connectivity index is 1.60. The second-order valence-corrected chi connectivity index (χ2v) is 36.4. The van der Waals surface area contributed by atoms with E-state index in [2.05, 4.69) is 0 Å². The molecule has 7 rings (SSSR count). The molecule has 0 spiro atoms. The smallest absolute Gasteiger partial charge is 0.310 e. The molecule has 0 aromatic heterocycles. The summed E-state index contributed by atoms with van der Waals surface area (Å²) in [5.74, 6) is -6.94. The average Bonchev–Trinajstić information content (AvgIpc) is 1.04. The standard InChI is InChI=1S/C90H120O18/c1-43-31-61(85(13,14)15)73(97)49(7)55(43)37-67(91)103-79-80(104-68(92)38-56-44(2)32-62(86(16,17)18)74(98)50(56)8)82(106-70(94)40-58-46(4)34-64(88(22,23)24)76(100)52(58)10)84(108-72(96)42-60-48(6)36-66(90(28,29)30)78(102)54(60)12)83(107-71(95)41-59-47(5)35-65(89(25,26)27)77(101)53(59)11)81(79)105-69(93)39-57-45(3)33-63(87(19,20)21)75(99)51(57)9/h31-36,79-84,97-102H,37-42H2,1-30H3. The average molecular weight is 1490 g/mol. The van der Waals surface area contributed by atoms with Crippen LogP contribution in [0.2, 0.25) is 0 Å². The van der Waals surface area contributed by atoms with Crippen LogP contribution < -0.4 is 0 Å². The summed E-state index contributed by atoms with van der Waals surface area (Å²) in [6.45, 7) is 55.2. The van der Waals surface area contributed by atoms with Gasteiger partial charge in [0.2, 0.25) is 0 Å². The molecule has 0 saturated heterocycles. The molecule has 0 amide bonds. The maximum atomic E-state index is 15.7. The van der Waals surface area contributed by atoms with E-state index >= 15 is 28.8 Å². The number of phenolic OH excluding ortho intramolecular Hbond substituents is 6. The van der Waals surface area contributed by atoms with E-state index in [0.29, 0.717) is 134 Å². The van der Waals surface area contributed by atoms with Crippen LogP contribution in [0.3, 0.4) is 0 Å². The van der Waals surface area contributed by atoms with Crippen LogP contribution in [0.5, 0.6) is 34.5 Å². The number of rotatable bonds is 18. The summed E-state index contributed by atoms with van der Waals surface area (Å²) >= 11 is 0. The van der Waals surface area contributed by atoms with E-state index in [9.17, 15) is 30.6 Å². The fraction of sp³-hybridized carbons (Fsp3) is 0.533. The van der Waals surface area contributed by atoms with Crippen LogP contribution in [0.4, 0.5) is 0 Å². The summed E-state index contributed by atoms with van der Waals surface area (Å²) in [6, 6.07) is 10.6. The third-order valence-electron chi connectivity index (χ3n) is 21.7. The van der Waals surface area contributed by atoms with Gasteiger partial charge in [0, 0.05) is 0 Å². The van der Waals surface area contributed by atoms with E-state index in [4.69, 9.17) is 28.4 Å². The third-order valence-corrected chi connectivity index (χ3v) is 21.7. The third kappa shape index (κ3) is 18.6. The van der Waals surface area contributed by atoms with Crippen molar-refractivity contribution in [3.63, 3.8) is 0 Å². The number of carbonyl (C=O) groups is 6. The number of aromatic hydroxyl groups is 6. The largest absolute Gasteiger partial charge is 0.507 e. The van der Waals surface area contributed by atoms with E-state index in [0.717, 1.165) is 0 Å². The van der Waals surface area contributed by atoms with Gasteiger partial charge in [-0.3, -0.25) is 28.8 Å². The second-order valence-electron chi connectivity index (χ2n) is 36.4. The minimum Gasteiger partial charge on any atom is -0.507 e. The van der Waals surface area contributed by atoms with Gasteiger partial charge in [-0.25, -0.2) is 0 Å². The molecule has 0 bridgehead atoms. The molecule has 0 atom stereocenters. The lowest BCUT2D eigenvalue weighted by Gasteiger charge is -2.47. The lowest BCUT2D eigenvalue weighted by molar-refractivity contribution is -0.261. The molecular weight excluding hydrogens is 1370 g/mol. The Morgan fingerprint density at radius 1 is 0.231 bits per heavy atom. The van der Waals surface area contributed by atoms with E-state index in [1.165, 1.54) is 0 Å². The first-order chi connectivity index (χ1) is 49.3. The SMILES string of the molecule is Cc1cc(C(C)(C)C)c(O)c(C)c1CC(=O)OC1C(OC(=O)Cc2c(C)cc(C(C)(C)C)c(O)c2C)C(OC(=O)Cc2c(C)cc(C(C)(C)C)c(O)c2C)C(OC(=O)Cc2c(C)cc(C(C)(C)C)c(O)c2C)C(OC(=O)Cc2c(C)cc(C(C)(C)C)c(O)c2C)C1OC(=O)Cc1c(C)cc(C(C)(C)C)c(O)c1C. The van der Waals surface area contributed by atoms with Gasteiger partial charge in [-0.2, -0.15) is 0 Å². The summed E-state index contributed by atoms with van der Waals surface area (Å²) in [5, 5.41) is 71.2. The quantitative estimate of drug-likeness (QED) is 0.0344. The van der Waals surface area contributed by atoms with Crippen molar-refractivity contribution in [2.75, 3.05) is 0 Å². The van der Waals surface area contributed by atoms with Gasteiger partial charge in [-0.1, -0.05) is 161 Å². The van der Waals surface area contributed by atoms with E-state index in [1.54, 1.807) is 119 Å². The van der Waals surface area contributed by atoms with E-state index in [1.807, 2.05) is 125 Å². The predicted octanol–water partition coefficient (Wildman–Crippen LogP) is 16.6. The number of benzene rings is 6. The minimum atomic E-state index is -2.19. The molecule has 1 fully saturated rings. The number of ether oxygens (including phenoxy) is 6. The fourth-order valence-corrected chi connectivity index (χ4v) is 15.1. The Morgan fingerprint density at radius 3 is 0.426 bits per heavy atom. The predicted molar refractivity (Wildman–Crippen MR) is 419 cm³/mol. The molecule has 0 heterocycles. The Labute approximate surface area is 640 Å². The van der Waals surface area contributed by atoms with Gasteiger partial charge in [-0.05, 0) is 249 Å². The zero-order valence-corrected chi connectivity index (χ0v) is 69.8. The first kappa shape index (κ1) is 86.2. The molecule has 0 radical (unpaired) electrons. The van der Waals surface area contributed by atoms with Crippen molar-refractivity contribution in [2.24, 2.45) is 0 Å². The highest BCUT2D eigenvalue weighted by Crippen LogP contribution is 2.45. The molecule has 1 aliphatic rings. The molecule has 0 aliphatic heterocycles. The molecule has 588 valence electrons. The molecule has 1 aliphatic carbocycles. The van der Waals surface area contributed by atoms with Gasteiger partial charge in [0.05, 0.1) is 38.5 Å². The highest BCUT2D eigenvalue weighted by atomic mass is 16.7. The van der Waals surface area contributed by atoms with Crippen LogP contribution in [0.1, 0.15) is 258 Å². The molecule has 6 N–H and O–H groups in total. The van der Waals surface area contributed by atoms with Crippen LogP contribution in [0.25, 0.3) is 0 Å². The lowest BCUT2D eigenvalue weighted by Crippen LogP contribution is -2.69. The van der Waals surface area contributed by atoms with Crippen LogP contribution >= 0.6 is 0 Å². The first-order valence-electron chi connectivity index (χ1n) is 37.4. The second kappa shape index (κ2) is 31.5. The van der Waals surface area contributed by atoms with Gasteiger partial charge in [0.25, 0.3) is 0 Å². The van der Waals surface area contributed by atoms with Gasteiger partial charge >= 0.3 is 35.8 Å². The van der Waals surface area contributed by atoms with Crippen molar-refractivity contribution in [3.05, 3.63) is 170 Å². The fourth-order valence-electron chi connectivity index (χ4n) is 15.1. The van der Waals surface area contributed by atoms with Gasteiger partial charge in [-0.15, -0.1) is 0 Å². The zero-order valence-electron chi connectivity index (χ0n) is 69.8. The van der Waals surface area contributed by atoms with Crippen molar-refractivity contribution in [2.45, 2.75) is 315 Å². The molecule has 6 aromatic carbocycles. The van der Waals surface area contributed by atoms with Crippen molar-refractivity contribution < 1.29 is 87.8 Å². The summed E-state index contributed by atoms with van der Waals surface area (Å²) in [6.07, 6.45) is -16.7. The number of hydrogen-bond donors (Lipinski definition) is 6. The van der Waals surface area contributed by atoms with E-state index in [-0.39, 0.29) is 34.5 Å². The normalized spacial score (nSPS) is 17.3. The minimum absolute atomic E-state index is 0.0838. The monoisotopic (exact) mass is 1490 g/mol. The molecule has 18 nitrogen and oxygen atoms in total. The number of hydrogen-bond acceptors (Lipinski definition) is 18. The summed E-state index contributed by atoms with van der Waals surface area (Å²) in [7, 11) is 0. The van der Waals surface area contributed by atoms with Gasteiger partial charge < -0.3 is 59.1 Å². The lowest BCUT2D eigenvalue weighted by atomic mass is 9.81. The molecule has 18 heteroatoms. The van der Waals surface area contributed by atoms with Gasteiger partial charge in [0.15, 0.2) is 36.6 Å². The maximum absolute atomic E-state index is 15.7. The summed E-state index contributed by atoms with van der Waals surface area (Å²) in [5.41, 5.74) is 7.71. The molecule has 6 aromatic rings. The van der Waals surface area contributed by atoms with Crippen LogP contribution in [0, 0.1) is 83.1 Å². The van der Waals surface area contributed by atoms with Crippen LogP contribution in [-0.2, 0) is 128 Å². The summed E-state index contributed by atoms with van der Waals surface area (Å²) < 4.78 is 40.4. The maximum Gasteiger partial charge on any atom is 0.310 e.